The van der Waals surface area contributed by atoms with Crippen molar-refractivity contribution in [2.45, 2.75) is 13.3 Å². The van der Waals surface area contributed by atoms with E-state index < -0.39 is 5.97 Å². The van der Waals surface area contributed by atoms with E-state index in [-0.39, 0.29) is 24.2 Å². The van der Waals surface area contributed by atoms with Crippen molar-refractivity contribution < 1.29 is 23.5 Å². The molecule has 2 aromatic carbocycles. The summed E-state index contributed by atoms with van der Waals surface area (Å²) in [6.07, 6.45) is 0.781. The highest BCUT2D eigenvalue weighted by atomic mass is 19.1. The predicted molar refractivity (Wildman–Crippen MR) is 141 cm³/mol. The monoisotopic (exact) mass is 508 g/mol. The second-order valence-electron chi connectivity index (χ2n) is 9.17. The molecule has 1 aliphatic heterocycles. The molecular weight excluding hydrogens is 475 g/mol. The molecule has 0 radical (unpaired) electrons. The molecule has 1 aromatic heterocycles. The van der Waals surface area contributed by atoms with Crippen molar-refractivity contribution in [3.05, 3.63) is 65.5 Å². The molecule has 0 atom stereocenters. The summed E-state index contributed by atoms with van der Waals surface area (Å²) < 4.78 is 24.8. The molecule has 3 aromatic rings. The summed E-state index contributed by atoms with van der Waals surface area (Å²) in [6, 6.07) is 13.2. The maximum absolute atomic E-state index is 13.3. The Bertz CT molecular complexity index is 1240. The minimum absolute atomic E-state index is 0.144. The lowest BCUT2D eigenvalue weighted by molar-refractivity contribution is 0.0520. The number of hydrogen-bond donors (Lipinski definition) is 0. The molecule has 1 fully saturated rings. The zero-order valence-electron chi connectivity index (χ0n) is 21.6. The Hall–Kier alpha value is -3.72. The first kappa shape index (κ1) is 26.3. The van der Waals surface area contributed by atoms with Gasteiger partial charge in [-0.25, -0.2) is 14.2 Å². The fourth-order valence-electron chi connectivity index (χ4n) is 4.45. The lowest BCUT2D eigenvalue weighted by Gasteiger charge is -2.37. The highest BCUT2D eigenvalue weighted by Gasteiger charge is 2.30. The van der Waals surface area contributed by atoms with Crippen molar-refractivity contribution in [2.24, 2.45) is 0 Å². The molecule has 1 aliphatic rings. The number of nitrogens with zero attached hydrogens (tertiary/aromatic N) is 4. The van der Waals surface area contributed by atoms with Crippen LogP contribution in [0.3, 0.4) is 0 Å². The van der Waals surface area contributed by atoms with E-state index in [1.807, 2.05) is 38.4 Å². The Balaban J connectivity index is 1.64. The minimum Gasteiger partial charge on any atom is -0.477 e. The van der Waals surface area contributed by atoms with E-state index in [2.05, 4.69) is 14.8 Å². The quantitative estimate of drug-likeness (QED) is 0.321. The number of anilines is 1. The van der Waals surface area contributed by atoms with Crippen LogP contribution in [0.25, 0.3) is 10.9 Å². The zero-order chi connectivity index (χ0) is 26.4. The third-order valence-corrected chi connectivity index (χ3v) is 6.27. The van der Waals surface area contributed by atoms with Gasteiger partial charge in [0.1, 0.15) is 11.4 Å². The summed E-state index contributed by atoms with van der Waals surface area (Å²) in [7, 11) is 3.99. The molecule has 1 amide bonds. The fraction of sp³-hybridized carbons (Fsp3) is 0.393. The second kappa shape index (κ2) is 12.0. The summed E-state index contributed by atoms with van der Waals surface area (Å²) in [6.45, 7) is 5.17. The smallest absolute Gasteiger partial charge is 0.345 e. The second-order valence-corrected chi connectivity index (χ2v) is 9.17. The maximum atomic E-state index is 13.3. The predicted octanol–water partition coefficient (Wildman–Crippen LogP) is 3.84. The molecule has 1 saturated heterocycles. The maximum Gasteiger partial charge on any atom is 0.345 e. The van der Waals surface area contributed by atoms with Crippen LogP contribution in [0.2, 0.25) is 0 Å². The number of hydrogen-bond acceptors (Lipinski definition) is 7. The van der Waals surface area contributed by atoms with Crippen LogP contribution in [-0.4, -0.2) is 86.7 Å². The van der Waals surface area contributed by atoms with E-state index in [9.17, 15) is 14.0 Å². The minimum atomic E-state index is -0.483. The van der Waals surface area contributed by atoms with E-state index in [0.29, 0.717) is 49.6 Å². The average Bonchev–Trinajstić information content (AvgIpc) is 2.90. The lowest BCUT2D eigenvalue weighted by Crippen LogP contribution is -2.49. The third-order valence-electron chi connectivity index (χ3n) is 6.27. The van der Waals surface area contributed by atoms with E-state index >= 15 is 0 Å². The van der Waals surface area contributed by atoms with E-state index in [1.54, 1.807) is 11.8 Å². The van der Waals surface area contributed by atoms with Crippen LogP contribution in [0.5, 0.6) is 5.88 Å². The van der Waals surface area contributed by atoms with Crippen LogP contribution in [0, 0.1) is 5.82 Å². The van der Waals surface area contributed by atoms with Gasteiger partial charge in [-0.1, -0.05) is 18.2 Å². The normalized spacial score (nSPS) is 13.8. The number of aromatic nitrogens is 1. The Labute approximate surface area is 216 Å². The van der Waals surface area contributed by atoms with Crippen molar-refractivity contribution in [3.8, 4) is 5.88 Å². The molecular formula is C28H33FN4O4. The Morgan fingerprint density at radius 3 is 2.41 bits per heavy atom. The van der Waals surface area contributed by atoms with Gasteiger partial charge in [0, 0.05) is 43.7 Å². The van der Waals surface area contributed by atoms with E-state index in [1.165, 1.54) is 24.3 Å². The summed E-state index contributed by atoms with van der Waals surface area (Å²) in [5, 5.41) is 0.824. The third kappa shape index (κ3) is 6.17. The van der Waals surface area contributed by atoms with Gasteiger partial charge in [-0.2, -0.15) is 0 Å². The van der Waals surface area contributed by atoms with Crippen molar-refractivity contribution in [1.29, 1.82) is 0 Å². The number of halogens is 1. The zero-order valence-corrected chi connectivity index (χ0v) is 21.6. The van der Waals surface area contributed by atoms with Gasteiger partial charge in [0.2, 0.25) is 5.88 Å². The Morgan fingerprint density at radius 1 is 1.03 bits per heavy atom. The van der Waals surface area contributed by atoms with Crippen LogP contribution >= 0.6 is 0 Å². The summed E-state index contributed by atoms with van der Waals surface area (Å²) in [5.74, 6) is -0.745. The number of pyridine rings is 1. The Kier molecular flexibility index (Phi) is 8.55. The standard InChI is InChI=1S/C28H33FN4O4/c1-4-36-28(35)24-25(22-8-5-6-9-23(22)30-26(24)37-19-7-14-31(2)3)32-15-17-33(18-16-32)27(34)20-10-12-21(29)13-11-20/h5-6,8-13H,4,7,14-19H2,1-3H3. The van der Waals surface area contributed by atoms with Crippen molar-refractivity contribution >= 4 is 28.5 Å². The SMILES string of the molecule is CCOC(=O)c1c(OCCCN(C)C)nc2ccccc2c1N1CCN(C(=O)c2ccc(F)cc2)CC1. The first-order valence-electron chi connectivity index (χ1n) is 12.6. The van der Waals surface area contributed by atoms with Gasteiger partial charge in [-0.3, -0.25) is 4.79 Å². The number of rotatable bonds is 9. The topological polar surface area (TPSA) is 75.2 Å². The number of benzene rings is 2. The molecule has 0 N–H and O–H groups in total. The summed E-state index contributed by atoms with van der Waals surface area (Å²) in [5.41, 5.74) is 2.19. The molecule has 37 heavy (non-hydrogen) atoms. The van der Waals surface area contributed by atoms with E-state index in [0.717, 1.165) is 23.9 Å². The summed E-state index contributed by atoms with van der Waals surface area (Å²) >= 11 is 0. The molecule has 8 nitrogen and oxygen atoms in total. The van der Waals surface area contributed by atoms with Gasteiger partial charge in [0.05, 0.1) is 24.4 Å². The number of esters is 1. The van der Waals surface area contributed by atoms with Gasteiger partial charge in [0.15, 0.2) is 0 Å². The highest BCUT2D eigenvalue weighted by molar-refractivity contribution is 6.07. The number of carbonyl (C=O) groups excluding carboxylic acids is 2. The number of para-hydroxylation sites is 1. The number of piperazine rings is 1. The van der Waals surface area contributed by atoms with Crippen LogP contribution in [-0.2, 0) is 4.74 Å². The molecule has 0 bridgehead atoms. The molecule has 0 aliphatic carbocycles. The van der Waals surface area contributed by atoms with Gasteiger partial charge in [-0.05, 0) is 57.8 Å². The van der Waals surface area contributed by atoms with Crippen LogP contribution < -0.4 is 9.64 Å². The number of ether oxygens (including phenoxy) is 2. The molecule has 196 valence electrons. The van der Waals surface area contributed by atoms with Gasteiger partial charge in [0.25, 0.3) is 5.91 Å². The molecule has 0 unspecified atom stereocenters. The molecule has 0 saturated carbocycles. The van der Waals surface area contributed by atoms with E-state index in [4.69, 9.17) is 9.47 Å². The fourth-order valence-corrected chi connectivity index (χ4v) is 4.45. The lowest BCUT2D eigenvalue weighted by atomic mass is 10.1. The van der Waals surface area contributed by atoms with Gasteiger partial charge >= 0.3 is 5.97 Å². The van der Waals surface area contributed by atoms with Crippen molar-refractivity contribution in [3.63, 3.8) is 0 Å². The van der Waals surface area contributed by atoms with Crippen LogP contribution in [0.15, 0.2) is 48.5 Å². The average molecular weight is 509 g/mol. The van der Waals surface area contributed by atoms with Gasteiger partial charge < -0.3 is 24.2 Å². The first-order chi connectivity index (χ1) is 17.9. The van der Waals surface area contributed by atoms with Crippen molar-refractivity contribution in [2.75, 3.05) is 64.9 Å². The number of amides is 1. The highest BCUT2D eigenvalue weighted by Crippen LogP contribution is 2.37. The van der Waals surface area contributed by atoms with Crippen LogP contribution in [0.1, 0.15) is 34.1 Å². The molecule has 2 heterocycles. The molecule has 0 spiro atoms. The largest absolute Gasteiger partial charge is 0.477 e. The van der Waals surface area contributed by atoms with Gasteiger partial charge in [-0.15, -0.1) is 0 Å². The Morgan fingerprint density at radius 2 is 1.73 bits per heavy atom. The number of fused-ring (bicyclic) bond motifs is 1. The number of carbonyl (C=O) groups is 2. The molecule has 4 rings (SSSR count). The first-order valence-corrected chi connectivity index (χ1v) is 12.6. The molecule has 9 heteroatoms. The van der Waals surface area contributed by atoms with Crippen LogP contribution in [0.4, 0.5) is 10.1 Å². The summed E-state index contributed by atoms with van der Waals surface area (Å²) in [4.78, 5) is 36.8. The van der Waals surface area contributed by atoms with Crippen molar-refractivity contribution in [1.82, 2.24) is 14.8 Å².